The molecule has 0 aliphatic heterocycles. The predicted molar refractivity (Wildman–Crippen MR) is 73.0 cm³/mol. The number of anilines is 1. The lowest BCUT2D eigenvalue weighted by atomic mass is 10.3. The van der Waals surface area contributed by atoms with E-state index in [0.29, 0.717) is 16.0 Å². The molecule has 0 spiro atoms. The Morgan fingerprint density at radius 3 is 2.83 bits per heavy atom. The molecule has 0 saturated heterocycles. The van der Waals surface area contributed by atoms with Crippen molar-refractivity contribution >= 4 is 33.2 Å². The van der Waals surface area contributed by atoms with Crippen molar-refractivity contribution in [2.75, 3.05) is 12.4 Å². The summed E-state index contributed by atoms with van der Waals surface area (Å²) in [7, 11) is 1.78. The fourth-order valence-electron chi connectivity index (χ4n) is 1.32. The van der Waals surface area contributed by atoms with E-state index in [2.05, 4.69) is 26.2 Å². The number of aromatic nitrogens is 1. The molecule has 3 nitrogen and oxygen atoms in total. The Morgan fingerprint density at radius 1 is 1.33 bits per heavy atom. The van der Waals surface area contributed by atoms with E-state index >= 15 is 0 Å². The standard InChI is InChI=1S/C12H9BrClFN2O/c1-16-7-2-8(6-17-5-7)18-12-4-11(15)10(14)3-9(12)13/h2-6,16H,1H3. The molecule has 1 aromatic carbocycles. The van der Waals surface area contributed by atoms with Gasteiger partial charge in [-0.1, -0.05) is 11.6 Å². The van der Waals surface area contributed by atoms with E-state index in [9.17, 15) is 4.39 Å². The van der Waals surface area contributed by atoms with Crippen LogP contribution in [-0.4, -0.2) is 12.0 Å². The number of benzene rings is 1. The smallest absolute Gasteiger partial charge is 0.147 e. The number of rotatable bonds is 3. The maximum atomic E-state index is 13.3. The van der Waals surface area contributed by atoms with Crippen molar-refractivity contribution in [3.63, 3.8) is 0 Å². The van der Waals surface area contributed by atoms with E-state index < -0.39 is 5.82 Å². The zero-order chi connectivity index (χ0) is 13.1. The minimum atomic E-state index is -0.535. The molecular formula is C12H9BrClFN2O. The first kappa shape index (κ1) is 13.1. The quantitative estimate of drug-likeness (QED) is 0.843. The minimum absolute atomic E-state index is 0.0383. The zero-order valence-electron chi connectivity index (χ0n) is 9.38. The van der Waals surface area contributed by atoms with Gasteiger partial charge in [0, 0.05) is 19.2 Å². The van der Waals surface area contributed by atoms with Crippen molar-refractivity contribution in [3.8, 4) is 11.5 Å². The highest BCUT2D eigenvalue weighted by atomic mass is 79.9. The Bertz CT molecular complexity index is 580. The lowest BCUT2D eigenvalue weighted by Gasteiger charge is -2.09. The van der Waals surface area contributed by atoms with Gasteiger partial charge in [0.25, 0.3) is 0 Å². The molecule has 6 heteroatoms. The molecule has 0 bridgehead atoms. The monoisotopic (exact) mass is 330 g/mol. The zero-order valence-corrected chi connectivity index (χ0v) is 11.7. The summed E-state index contributed by atoms with van der Waals surface area (Å²) < 4.78 is 19.5. The molecule has 18 heavy (non-hydrogen) atoms. The maximum absolute atomic E-state index is 13.3. The molecule has 0 fully saturated rings. The minimum Gasteiger partial charge on any atom is -0.454 e. The van der Waals surface area contributed by atoms with Crippen LogP contribution in [0.25, 0.3) is 0 Å². The third kappa shape index (κ3) is 2.91. The van der Waals surface area contributed by atoms with E-state index in [1.807, 2.05) is 0 Å². The van der Waals surface area contributed by atoms with Crippen molar-refractivity contribution in [3.05, 3.63) is 45.9 Å². The molecule has 0 radical (unpaired) electrons. The summed E-state index contributed by atoms with van der Waals surface area (Å²) in [6, 6.07) is 4.42. The molecular weight excluding hydrogens is 322 g/mol. The molecule has 1 heterocycles. The summed E-state index contributed by atoms with van der Waals surface area (Å²) in [5.41, 5.74) is 0.804. The van der Waals surface area contributed by atoms with Gasteiger partial charge < -0.3 is 10.1 Å². The van der Waals surface area contributed by atoms with Crippen molar-refractivity contribution in [2.45, 2.75) is 0 Å². The average Bonchev–Trinajstić information content (AvgIpc) is 2.36. The fourth-order valence-corrected chi connectivity index (χ4v) is 2.04. The van der Waals surface area contributed by atoms with Crippen molar-refractivity contribution < 1.29 is 9.13 Å². The van der Waals surface area contributed by atoms with Crippen LogP contribution in [0, 0.1) is 5.82 Å². The van der Waals surface area contributed by atoms with E-state index in [-0.39, 0.29) is 5.02 Å². The first-order valence-corrected chi connectivity index (χ1v) is 6.22. The van der Waals surface area contributed by atoms with Gasteiger partial charge in [-0.25, -0.2) is 4.39 Å². The van der Waals surface area contributed by atoms with Gasteiger partial charge in [-0.05, 0) is 22.0 Å². The number of halogens is 3. The van der Waals surface area contributed by atoms with Crippen molar-refractivity contribution in [2.24, 2.45) is 0 Å². The molecule has 94 valence electrons. The van der Waals surface area contributed by atoms with Crippen LogP contribution in [0.2, 0.25) is 5.02 Å². The van der Waals surface area contributed by atoms with Crippen LogP contribution in [0.5, 0.6) is 11.5 Å². The summed E-state index contributed by atoms with van der Waals surface area (Å²) in [6.45, 7) is 0. The Balaban J connectivity index is 2.30. The predicted octanol–water partition coefficient (Wildman–Crippen LogP) is 4.47. The number of hydrogen-bond donors (Lipinski definition) is 1. The Kier molecular flexibility index (Phi) is 4.04. The number of nitrogens with zero attached hydrogens (tertiary/aromatic N) is 1. The molecule has 2 rings (SSSR count). The molecule has 0 aliphatic carbocycles. The molecule has 2 aromatic rings. The van der Waals surface area contributed by atoms with Crippen molar-refractivity contribution in [1.82, 2.24) is 4.98 Å². The average molecular weight is 332 g/mol. The Labute approximate surface area is 117 Å². The molecule has 0 atom stereocenters. The number of ether oxygens (including phenoxy) is 1. The normalized spacial score (nSPS) is 10.2. The van der Waals surface area contributed by atoms with Gasteiger partial charge in [-0.3, -0.25) is 4.98 Å². The Hall–Kier alpha value is -1.33. The van der Waals surface area contributed by atoms with Crippen LogP contribution in [0.1, 0.15) is 0 Å². The summed E-state index contributed by atoms with van der Waals surface area (Å²) in [5, 5.41) is 2.98. The first-order valence-electron chi connectivity index (χ1n) is 5.05. The highest BCUT2D eigenvalue weighted by molar-refractivity contribution is 9.10. The van der Waals surface area contributed by atoms with Gasteiger partial charge in [-0.15, -0.1) is 0 Å². The summed E-state index contributed by atoms with van der Waals surface area (Å²) in [4.78, 5) is 4.00. The second kappa shape index (κ2) is 5.54. The van der Waals surface area contributed by atoms with Gasteiger partial charge >= 0.3 is 0 Å². The molecule has 0 amide bonds. The molecule has 1 aromatic heterocycles. The lowest BCUT2D eigenvalue weighted by molar-refractivity contribution is 0.472. The van der Waals surface area contributed by atoms with E-state index in [1.165, 1.54) is 12.1 Å². The molecule has 0 aliphatic rings. The van der Waals surface area contributed by atoms with Crippen LogP contribution in [0.3, 0.4) is 0 Å². The highest BCUT2D eigenvalue weighted by Gasteiger charge is 2.09. The van der Waals surface area contributed by atoms with Crippen LogP contribution in [-0.2, 0) is 0 Å². The van der Waals surface area contributed by atoms with Crippen LogP contribution < -0.4 is 10.1 Å². The Morgan fingerprint density at radius 2 is 2.11 bits per heavy atom. The highest BCUT2D eigenvalue weighted by Crippen LogP contribution is 2.33. The first-order chi connectivity index (χ1) is 8.60. The number of nitrogens with one attached hydrogen (secondary N) is 1. The van der Waals surface area contributed by atoms with Crippen LogP contribution in [0.15, 0.2) is 35.1 Å². The third-order valence-electron chi connectivity index (χ3n) is 2.20. The molecule has 0 saturated carbocycles. The van der Waals surface area contributed by atoms with Gasteiger partial charge in [-0.2, -0.15) is 0 Å². The van der Waals surface area contributed by atoms with Gasteiger partial charge in [0.05, 0.1) is 27.6 Å². The SMILES string of the molecule is CNc1cncc(Oc2cc(F)c(Cl)cc2Br)c1. The van der Waals surface area contributed by atoms with Gasteiger partial charge in [0.2, 0.25) is 0 Å². The number of pyridine rings is 1. The van der Waals surface area contributed by atoms with E-state index in [1.54, 1.807) is 25.5 Å². The largest absolute Gasteiger partial charge is 0.454 e. The maximum Gasteiger partial charge on any atom is 0.147 e. The lowest BCUT2D eigenvalue weighted by Crippen LogP contribution is -1.92. The van der Waals surface area contributed by atoms with Gasteiger partial charge in [0.15, 0.2) is 0 Å². The second-order valence-electron chi connectivity index (χ2n) is 3.46. The number of hydrogen-bond acceptors (Lipinski definition) is 3. The van der Waals surface area contributed by atoms with Gasteiger partial charge in [0.1, 0.15) is 17.3 Å². The third-order valence-corrected chi connectivity index (χ3v) is 3.11. The fraction of sp³-hybridized carbons (Fsp3) is 0.0833. The van der Waals surface area contributed by atoms with Crippen LogP contribution >= 0.6 is 27.5 Å². The topological polar surface area (TPSA) is 34.2 Å². The molecule has 1 N–H and O–H groups in total. The van der Waals surface area contributed by atoms with E-state index in [4.69, 9.17) is 16.3 Å². The summed E-state index contributed by atoms with van der Waals surface area (Å²) in [5.74, 6) is 0.309. The molecule has 0 unspecified atom stereocenters. The van der Waals surface area contributed by atoms with E-state index in [0.717, 1.165) is 5.69 Å². The van der Waals surface area contributed by atoms with Crippen molar-refractivity contribution in [1.29, 1.82) is 0 Å². The van der Waals surface area contributed by atoms with Crippen LogP contribution in [0.4, 0.5) is 10.1 Å². The summed E-state index contributed by atoms with van der Waals surface area (Å²) >= 11 is 8.92. The second-order valence-corrected chi connectivity index (χ2v) is 4.72. The summed E-state index contributed by atoms with van der Waals surface area (Å²) in [6.07, 6.45) is 3.20.